The Balaban J connectivity index is 3.84. The molecule has 0 aromatic carbocycles. The van der Waals surface area contributed by atoms with Gasteiger partial charge in [-0.25, -0.2) is 9.59 Å². The third kappa shape index (κ3) is 11.7. The van der Waals surface area contributed by atoms with Crippen molar-refractivity contribution in [1.29, 1.82) is 0 Å². The third-order valence-electron chi connectivity index (χ3n) is 2.66. The molecule has 0 aromatic rings. The lowest BCUT2D eigenvalue weighted by atomic mass is 10.1. The number of carbonyl (C=O) groups is 3. The Morgan fingerprint density at radius 2 is 1.86 bits per heavy atom. The zero-order valence-corrected chi connectivity index (χ0v) is 12.3. The summed E-state index contributed by atoms with van der Waals surface area (Å²) in [4.78, 5) is 32.8. The number of rotatable bonds is 12. The first-order valence-corrected chi connectivity index (χ1v) is 7.04. The van der Waals surface area contributed by atoms with Gasteiger partial charge in [0.25, 0.3) is 0 Å². The number of carbonyl (C=O) groups excluding carboxylic acids is 1. The van der Waals surface area contributed by atoms with Crippen LogP contribution in [0.25, 0.3) is 0 Å². The van der Waals surface area contributed by atoms with Crippen LogP contribution in [-0.2, 0) is 14.3 Å². The number of carboxylic acid groups (broad SMARTS) is 2. The number of urea groups is 1. The first kappa shape index (κ1) is 19.2. The lowest BCUT2D eigenvalue weighted by Gasteiger charge is -2.14. The highest BCUT2D eigenvalue weighted by atomic mass is 16.5. The van der Waals surface area contributed by atoms with Crippen molar-refractivity contribution in [2.45, 2.75) is 45.1 Å². The van der Waals surface area contributed by atoms with Gasteiger partial charge in [-0.3, -0.25) is 4.79 Å². The third-order valence-corrected chi connectivity index (χ3v) is 2.66. The van der Waals surface area contributed by atoms with Gasteiger partial charge in [0, 0.05) is 19.6 Å². The van der Waals surface area contributed by atoms with Crippen molar-refractivity contribution in [3.63, 3.8) is 0 Å². The molecule has 122 valence electrons. The van der Waals surface area contributed by atoms with E-state index in [2.05, 4.69) is 10.6 Å². The van der Waals surface area contributed by atoms with Crippen molar-refractivity contribution >= 4 is 18.0 Å². The molecular weight excluding hydrogens is 280 g/mol. The van der Waals surface area contributed by atoms with Crippen molar-refractivity contribution in [1.82, 2.24) is 10.6 Å². The van der Waals surface area contributed by atoms with Crippen molar-refractivity contribution < 1.29 is 29.3 Å². The molecule has 1 atom stereocenters. The normalized spacial score (nSPS) is 11.7. The minimum atomic E-state index is -1.19. The summed E-state index contributed by atoms with van der Waals surface area (Å²) >= 11 is 0. The Morgan fingerprint density at radius 3 is 2.43 bits per heavy atom. The maximum Gasteiger partial charge on any atom is 0.326 e. The molecule has 0 saturated heterocycles. The summed E-state index contributed by atoms with van der Waals surface area (Å²) in [6, 6.07) is -1.69. The van der Waals surface area contributed by atoms with Gasteiger partial charge in [0.15, 0.2) is 0 Å². The summed E-state index contributed by atoms with van der Waals surface area (Å²) in [6.07, 6.45) is 2.12. The number of ether oxygens (including phenoxy) is 1. The van der Waals surface area contributed by atoms with E-state index >= 15 is 0 Å². The van der Waals surface area contributed by atoms with Gasteiger partial charge in [0.05, 0.1) is 6.61 Å². The first-order chi connectivity index (χ1) is 9.97. The Bertz CT molecular complexity index is 335. The minimum Gasteiger partial charge on any atom is -0.481 e. The second-order valence-electron chi connectivity index (χ2n) is 4.54. The maximum atomic E-state index is 11.5. The van der Waals surface area contributed by atoms with Gasteiger partial charge in [-0.15, -0.1) is 0 Å². The maximum absolute atomic E-state index is 11.5. The number of aliphatic carboxylic acids is 2. The van der Waals surface area contributed by atoms with E-state index in [-0.39, 0.29) is 25.8 Å². The molecule has 8 heteroatoms. The second kappa shape index (κ2) is 12.0. The lowest BCUT2D eigenvalue weighted by Crippen LogP contribution is -2.46. The van der Waals surface area contributed by atoms with Gasteiger partial charge in [-0.05, 0) is 19.3 Å². The molecule has 8 nitrogen and oxygen atoms in total. The number of unbranched alkanes of at least 4 members (excludes halogenated alkanes) is 1. The summed E-state index contributed by atoms with van der Waals surface area (Å²) in [6.45, 7) is 3.33. The molecule has 0 spiro atoms. The predicted molar refractivity (Wildman–Crippen MR) is 75.2 cm³/mol. The van der Waals surface area contributed by atoms with Gasteiger partial charge in [-0.2, -0.15) is 0 Å². The van der Waals surface area contributed by atoms with E-state index in [1.165, 1.54) is 0 Å². The van der Waals surface area contributed by atoms with E-state index < -0.39 is 24.0 Å². The van der Waals surface area contributed by atoms with E-state index in [4.69, 9.17) is 14.9 Å². The summed E-state index contributed by atoms with van der Waals surface area (Å²) < 4.78 is 5.24. The van der Waals surface area contributed by atoms with Crippen LogP contribution < -0.4 is 10.6 Å². The molecule has 4 N–H and O–H groups in total. The van der Waals surface area contributed by atoms with Gasteiger partial charge in [0.2, 0.25) is 0 Å². The molecule has 2 amide bonds. The molecular formula is C13H24N2O6. The van der Waals surface area contributed by atoms with Crippen LogP contribution in [0.1, 0.15) is 39.0 Å². The first-order valence-electron chi connectivity index (χ1n) is 7.04. The molecule has 0 aliphatic carbocycles. The van der Waals surface area contributed by atoms with Crippen LogP contribution in [0.5, 0.6) is 0 Å². The number of carboxylic acids is 2. The van der Waals surface area contributed by atoms with Crippen molar-refractivity contribution in [3.05, 3.63) is 0 Å². The fraction of sp³-hybridized carbons (Fsp3) is 0.769. The van der Waals surface area contributed by atoms with Crippen LogP contribution in [0.2, 0.25) is 0 Å². The summed E-state index contributed by atoms with van der Waals surface area (Å²) in [5.74, 6) is -2.18. The molecule has 0 aliphatic rings. The molecule has 0 radical (unpaired) electrons. The van der Waals surface area contributed by atoms with Crippen molar-refractivity contribution in [2.75, 3.05) is 19.8 Å². The SMILES string of the molecule is CCCCOCCNC(=O)N[C@H](CCCC(=O)O)C(=O)O. The number of nitrogens with one attached hydrogen (secondary N) is 2. The largest absolute Gasteiger partial charge is 0.481 e. The van der Waals surface area contributed by atoms with E-state index in [1.807, 2.05) is 6.92 Å². The van der Waals surface area contributed by atoms with Crippen LogP contribution in [0, 0.1) is 0 Å². The monoisotopic (exact) mass is 304 g/mol. The van der Waals surface area contributed by atoms with Crippen LogP contribution in [0.15, 0.2) is 0 Å². The van der Waals surface area contributed by atoms with Crippen LogP contribution in [0.3, 0.4) is 0 Å². The highest BCUT2D eigenvalue weighted by molar-refractivity contribution is 5.82. The van der Waals surface area contributed by atoms with Crippen LogP contribution >= 0.6 is 0 Å². The average Bonchev–Trinajstić information content (AvgIpc) is 2.41. The molecule has 0 bridgehead atoms. The molecule has 21 heavy (non-hydrogen) atoms. The molecule has 0 saturated carbocycles. The van der Waals surface area contributed by atoms with E-state index in [0.717, 1.165) is 12.8 Å². The number of hydrogen-bond acceptors (Lipinski definition) is 4. The highest BCUT2D eigenvalue weighted by Gasteiger charge is 2.19. The molecule has 0 aromatic heterocycles. The van der Waals surface area contributed by atoms with Crippen LogP contribution in [-0.4, -0.2) is 54.0 Å². The molecule has 0 unspecified atom stereocenters. The molecule has 0 heterocycles. The fourth-order valence-electron chi connectivity index (χ4n) is 1.51. The highest BCUT2D eigenvalue weighted by Crippen LogP contribution is 2.01. The molecule has 0 rings (SSSR count). The van der Waals surface area contributed by atoms with Gasteiger partial charge in [0.1, 0.15) is 6.04 Å². The smallest absolute Gasteiger partial charge is 0.326 e. The quantitative estimate of drug-likeness (QED) is 0.395. The average molecular weight is 304 g/mol. The van der Waals surface area contributed by atoms with Crippen molar-refractivity contribution in [3.8, 4) is 0 Å². The minimum absolute atomic E-state index is 0.0715. The van der Waals surface area contributed by atoms with Gasteiger partial charge in [-0.1, -0.05) is 13.3 Å². The Hall–Kier alpha value is -1.83. The Morgan fingerprint density at radius 1 is 1.14 bits per heavy atom. The topological polar surface area (TPSA) is 125 Å². The summed E-state index contributed by atoms with van der Waals surface area (Å²) in [5, 5.41) is 22.2. The number of hydrogen-bond donors (Lipinski definition) is 4. The van der Waals surface area contributed by atoms with E-state index in [1.54, 1.807) is 0 Å². The fourth-order valence-corrected chi connectivity index (χ4v) is 1.51. The van der Waals surface area contributed by atoms with Crippen LogP contribution in [0.4, 0.5) is 4.79 Å². The van der Waals surface area contributed by atoms with E-state index in [9.17, 15) is 14.4 Å². The van der Waals surface area contributed by atoms with Gasteiger partial charge < -0.3 is 25.6 Å². The molecule has 0 aliphatic heterocycles. The second-order valence-corrected chi connectivity index (χ2v) is 4.54. The Labute approximate surface area is 123 Å². The van der Waals surface area contributed by atoms with Gasteiger partial charge >= 0.3 is 18.0 Å². The standard InChI is InChI=1S/C13H24N2O6/c1-2-3-8-21-9-7-14-13(20)15-10(12(18)19)5-4-6-11(16)17/h10H,2-9H2,1H3,(H,16,17)(H,18,19)(H2,14,15,20)/t10-/m1/s1. The summed E-state index contributed by atoms with van der Waals surface area (Å²) in [5.41, 5.74) is 0. The zero-order valence-electron chi connectivity index (χ0n) is 12.3. The summed E-state index contributed by atoms with van der Waals surface area (Å²) in [7, 11) is 0. The zero-order chi connectivity index (χ0) is 16.1. The Kier molecular flexibility index (Phi) is 10.9. The van der Waals surface area contributed by atoms with E-state index in [0.29, 0.717) is 13.2 Å². The molecule has 0 fully saturated rings. The predicted octanol–water partition coefficient (Wildman–Crippen LogP) is 0.810. The van der Waals surface area contributed by atoms with Crippen molar-refractivity contribution in [2.24, 2.45) is 0 Å². The lowest BCUT2D eigenvalue weighted by molar-refractivity contribution is -0.140. The number of amides is 2.